The maximum absolute atomic E-state index is 11.2. The predicted molar refractivity (Wildman–Crippen MR) is 70.9 cm³/mol. The van der Waals surface area contributed by atoms with E-state index in [-0.39, 0.29) is 5.91 Å². The number of para-hydroxylation sites is 1. The second-order valence-corrected chi connectivity index (χ2v) is 4.04. The average molecular weight is 225 g/mol. The number of amides is 1. The highest BCUT2D eigenvalue weighted by Crippen LogP contribution is 2.30. The van der Waals surface area contributed by atoms with Crippen molar-refractivity contribution in [3.05, 3.63) is 54.1 Å². The normalized spacial score (nSPS) is 10.0. The number of carbonyl (C=O) groups is 1. The summed E-state index contributed by atoms with van der Waals surface area (Å²) in [5.74, 6) is -0.0449. The quantitative estimate of drug-likeness (QED) is 0.831. The van der Waals surface area contributed by atoms with Crippen molar-refractivity contribution >= 4 is 11.6 Å². The second-order valence-electron chi connectivity index (χ2n) is 4.04. The van der Waals surface area contributed by atoms with E-state index in [1.54, 1.807) is 0 Å². The van der Waals surface area contributed by atoms with E-state index in [9.17, 15) is 4.79 Å². The molecule has 0 spiro atoms. The molecule has 0 unspecified atom stereocenters. The summed E-state index contributed by atoms with van der Waals surface area (Å²) in [5, 5.41) is 2.90. The third-order valence-corrected chi connectivity index (χ3v) is 2.66. The lowest BCUT2D eigenvalue weighted by atomic mass is 10.0. The van der Waals surface area contributed by atoms with Gasteiger partial charge in [0.1, 0.15) is 0 Å². The van der Waals surface area contributed by atoms with E-state index in [1.165, 1.54) is 6.92 Å². The minimum Gasteiger partial charge on any atom is -0.326 e. The summed E-state index contributed by atoms with van der Waals surface area (Å²) in [6.07, 6.45) is 0. The predicted octanol–water partition coefficient (Wildman–Crippen LogP) is 3.62. The Morgan fingerprint density at radius 1 is 1.00 bits per heavy atom. The van der Waals surface area contributed by atoms with Crippen LogP contribution in [0.2, 0.25) is 0 Å². The molecule has 0 atom stereocenters. The Labute approximate surface area is 101 Å². The molecule has 0 heterocycles. The average Bonchev–Trinajstić information content (AvgIpc) is 2.32. The van der Waals surface area contributed by atoms with Crippen molar-refractivity contribution < 1.29 is 4.79 Å². The molecule has 0 saturated carbocycles. The summed E-state index contributed by atoms with van der Waals surface area (Å²) in [4.78, 5) is 11.2. The molecule has 1 amide bonds. The molecule has 2 rings (SSSR count). The zero-order chi connectivity index (χ0) is 12.3. The van der Waals surface area contributed by atoms with Gasteiger partial charge >= 0.3 is 0 Å². The van der Waals surface area contributed by atoms with Crippen LogP contribution in [0.5, 0.6) is 0 Å². The van der Waals surface area contributed by atoms with Gasteiger partial charge in [-0.2, -0.15) is 0 Å². The van der Waals surface area contributed by atoms with Crippen molar-refractivity contribution in [1.82, 2.24) is 0 Å². The Morgan fingerprint density at radius 2 is 1.71 bits per heavy atom. The number of anilines is 1. The molecule has 0 aliphatic heterocycles. The molecule has 0 aromatic heterocycles. The molecule has 0 aliphatic rings. The van der Waals surface area contributed by atoms with Crippen LogP contribution in [0, 0.1) is 6.92 Å². The van der Waals surface area contributed by atoms with Crippen LogP contribution in [0.3, 0.4) is 0 Å². The molecule has 0 aliphatic carbocycles. The van der Waals surface area contributed by atoms with Crippen molar-refractivity contribution in [3.8, 4) is 11.1 Å². The summed E-state index contributed by atoms with van der Waals surface area (Å²) in [7, 11) is 0. The summed E-state index contributed by atoms with van der Waals surface area (Å²) in [6.45, 7) is 3.53. The standard InChI is InChI=1S/C15H15NO/c1-11-7-6-10-14(15(11)16-12(2)17)13-8-4-3-5-9-13/h3-10H,1-2H3,(H,16,17). The fourth-order valence-electron chi connectivity index (χ4n) is 1.87. The lowest BCUT2D eigenvalue weighted by molar-refractivity contribution is -0.114. The van der Waals surface area contributed by atoms with E-state index < -0.39 is 0 Å². The minimum absolute atomic E-state index is 0.0449. The zero-order valence-electron chi connectivity index (χ0n) is 10.0. The fourth-order valence-corrected chi connectivity index (χ4v) is 1.87. The van der Waals surface area contributed by atoms with Gasteiger partial charge in [-0.3, -0.25) is 4.79 Å². The van der Waals surface area contributed by atoms with Crippen molar-refractivity contribution in [1.29, 1.82) is 0 Å². The highest BCUT2D eigenvalue weighted by Gasteiger charge is 2.08. The summed E-state index contributed by atoms with van der Waals surface area (Å²) in [6, 6.07) is 16.1. The van der Waals surface area contributed by atoms with Gasteiger partial charge in [0.05, 0.1) is 5.69 Å². The molecule has 0 fully saturated rings. The number of hydrogen-bond acceptors (Lipinski definition) is 1. The topological polar surface area (TPSA) is 29.1 Å². The van der Waals surface area contributed by atoms with Gasteiger partial charge in [0.25, 0.3) is 0 Å². The van der Waals surface area contributed by atoms with Crippen LogP contribution in [0.15, 0.2) is 48.5 Å². The van der Waals surface area contributed by atoms with Crippen molar-refractivity contribution in [2.24, 2.45) is 0 Å². The van der Waals surface area contributed by atoms with E-state index in [4.69, 9.17) is 0 Å². The molecule has 2 aromatic carbocycles. The first-order chi connectivity index (χ1) is 8.18. The van der Waals surface area contributed by atoms with Gasteiger partial charge in [0.2, 0.25) is 5.91 Å². The highest BCUT2D eigenvalue weighted by molar-refractivity contribution is 5.95. The van der Waals surface area contributed by atoms with Crippen molar-refractivity contribution in [3.63, 3.8) is 0 Å². The lowest BCUT2D eigenvalue weighted by Gasteiger charge is -2.13. The largest absolute Gasteiger partial charge is 0.326 e. The summed E-state index contributed by atoms with van der Waals surface area (Å²) >= 11 is 0. The number of aryl methyl sites for hydroxylation is 1. The Hall–Kier alpha value is -2.09. The fraction of sp³-hybridized carbons (Fsp3) is 0.133. The van der Waals surface area contributed by atoms with E-state index in [0.717, 1.165) is 22.4 Å². The molecule has 2 aromatic rings. The number of rotatable bonds is 2. The molecule has 2 nitrogen and oxygen atoms in total. The Bertz CT molecular complexity index is 532. The van der Waals surface area contributed by atoms with Crippen LogP contribution < -0.4 is 5.32 Å². The van der Waals surface area contributed by atoms with Gasteiger partial charge in [-0.1, -0.05) is 48.5 Å². The number of benzene rings is 2. The van der Waals surface area contributed by atoms with Crippen LogP contribution in [0.4, 0.5) is 5.69 Å². The number of nitrogens with one attached hydrogen (secondary N) is 1. The van der Waals surface area contributed by atoms with Crippen molar-refractivity contribution in [2.75, 3.05) is 5.32 Å². The first kappa shape index (κ1) is 11.4. The van der Waals surface area contributed by atoms with Crippen LogP contribution in [0.1, 0.15) is 12.5 Å². The van der Waals surface area contributed by atoms with Crippen LogP contribution in [-0.4, -0.2) is 5.91 Å². The maximum Gasteiger partial charge on any atom is 0.221 e. The molecule has 2 heteroatoms. The minimum atomic E-state index is -0.0449. The van der Waals surface area contributed by atoms with Gasteiger partial charge in [-0.05, 0) is 18.1 Å². The smallest absolute Gasteiger partial charge is 0.221 e. The first-order valence-corrected chi connectivity index (χ1v) is 5.61. The number of hydrogen-bond donors (Lipinski definition) is 1. The SMILES string of the molecule is CC(=O)Nc1c(C)cccc1-c1ccccc1. The lowest BCUT2D eigenvalue weighted by Crippen LogP contribution is -2.08. The van der Waals surface area contributed by atoms with E-state index in [0.29, 0.717) is 0 Å². The Morgan fingerprint density at radius 3 is 2.35 bits per heavy atom. The van der Waals surface area contributed by atoms with Crippen LogP contribution >= 0.6 is 0 Å². The van der Waals surface area contributed by atoms with E-state index >= 15 is 0 Å². The second kappa shape index (κ2) is 4.83. The molecule has 0 radical (unpaired) electrons. The maximum atomic E-state index is 11.2. The molecule has 1 N–H and O–H groups in total. The molecular weight excluding hydrogens is 210 g/mol. The van der Waals surface area contributed by atoms with Gasteiger partial charge in [0.15, 0.2) is 0 Å². The molecule has 0 bridgehead atoms. The van der Waals surface area contributed by atoms with Crippen LogP contribution in [-0.2, 0) is 4.79 Å². The molecule has 86 valence electrons. The highest BCUT2D eigenvalue weighted by atomic mass is 16.1. The number of carbonyl (C=O) groups excluding carboxylic acids is 1. The van der Waals surface area contributed by atoms with Crippen molar-refractivity contribution in [2.45, 2.75) is 13.8 Å². The molecular formula is C15H15NO. The summed E-state index contributed by atoms with van der Waals surface area (Å²) in [5.41, 5.74) is 4.13. The molecule has 17 heavy (non-hydrogen) atoms. The monoisotopic (exact) mass is 225 g/mol. The molecule has 0 saturated heterocycles. The first-order valence-electron chi connectivity index (χ1n) is 5.61. The van der Waals surface area contributed by atoms with Crippen LogP contribution in [0.25, 0.3) is 11.1 Å². The van der Waals surface area contributed by atoms with E-state index in [1.807, 2.05) is 55.5 Å². The van der Waals surface area contributed by atoms with E-state index in [2.05, 4.69) is 5.32 Å². The summed E-state index contributed by atoms with van der Waals surface area (Å²) < 4.78 is 0. The third kappa shape index (κ3) is 2.53. The van der Waals surface area contributed by atoms with Gasteiger partial charge in [-0.15, -0.1) is 0 Å². The Balaban J connectivity index is 2.54. The van der Waals surface area contributed by atoms with Gasteiger partial charge < -0.3 is 5.32 Å². The Kier molecular flexibility index (Phi) is 3.24. The van der Waals surface area contributed by atoms with Gasteiger partial charge in [0, 0.05) is 12.5 Å². The zero-order valence-corrected chi connectivity index (χ0v) is 10.0. The van der Waals surface area contributed by atoms with Gasteiger partial charge in [-0.25, -0.2) is 0 Å². The third-order valence-electron chi connectivity index (χ3n) is 2.66.